The van der Waals surface area contributed by atoms with Crippen molar-refractivity contribution in [2.75, 3.05) is 0 Å². The Morgan fingerprint density at radius 1 is 0.864 bits per heavy atom. The Labute approximate surface area is 123 Å². The number of benzene rings is 2. The molecule has 0 fully saturated rings. The summed E-state index contributed by atoms with van der Waals surface area (Å²) in [6, 6.07) is 13.1. The molecule has 0 spiro atoms. The number of hydrogen-bond acceptors (Lipinski definition) is 4. The number of rotatable bonds is 2. The average molecular weight is 327 g/mol. The monoisotopic (exact) mass is 327 g/mol. The number of pyridine rings is 1. The lowest BCUT2D eigenvalue weighted by Gasteiger charge is -2.12. The molecule has 0 atom stereocenters. The maximum absolute atomic E-state index is 12.5. The molecule has 0 radical (unpaired) electrons. The minimum atomic E-state index is -5.77. The molecule has 0 unspecified atom stereocenters. The first kappa shape index (κ1) is 14.6. The molecule has 1 heterocycles. The van der Waals surface area contributed by atoms with Gasteiger partial charge in [-0.15, -0.1) is 0 Å². The fourth-order valence-electron chi connectivity index (χ4n) is 2.09. The van der Waals surface area contributed by atoms with Crippen molar-refractivity contribution in [1.29, 1.82) is 0 Å². The highest BCUT2D eigenvalue weighted by Crippen LogP contribution is 2.33. The van der Waals surface area contributed by atoms with Gasteiger partial charge in [-0.05, 0) is 17.5 Å². The van der Waals surface area contributed by atoms with Crippen LogP contribution in [0.2, 0.25) is 0 Å². The maximum atomic E-state index is 12.5. The maximum Gasteiger partial charge on any atom is 0.534 e. The third-order valence-electron chi connectivity index (χ3n) is 3.05. The van der Waals surface area contributed by atoms with Crippen LogP contribution in [0, 0.1) is 0 Å². The predicted molar refractivity (Wildman–Crippen MR) is 74.9 cm³/mol. The molecule has 0 N–H and O–H groups in total. The van der Waals surface area contributed by atoms with Gasteiger partial charge in [-0.1, -0.05) is 36.4 Å². The van der Waals surface area contributed by atoms with Crippen LogP contribution in [0.4, 0.5) is 13.2 Å². The van der Waals surface area contributed by atoms with Gasteiger partial charge >= 0.3 is 15.6 Å². The molecule has 3 rings (SSSR count). The summed E-state index contributed by atoms with van der Waals surface area (Å²) in [5, 5.41) is 1.43. The Hall–Kier alpha value is -2.35. The van der Waals surface area contributed by atoms with Crippen LogP contribution < -0.4 is 4.18 Å². The molecule has 22 heavy (non-hydrogen) atoms. The molecule has 0 aliphatic heterocycles. The second-order valence-corrected chi connectivity index (χ2v) is 6.00. The molecule has 0 amide bonds. The van der Waals surface area contributed by atoms with E-state index in [0.29, 0.717) is 16.3 Å². The fourth-order valence-corrected chi connectivity index (χ4v) is 2.52. The third kappa shape index (κ3) is 2.35. The van der Waals surface area contributed by atoms with Gasteiger partial charge in [0.05, 0.1) is 5.52 Å². The van der Waals surface area contributed by atoms with Gasteiger partial charge in [-0.3, -0.25) is 0 Å². The minimum absolute atomic E-state index is 0.189. The number of aromatic nitrogens is 1. The Balaban J connectivity index is 2.29. The second kappa shape index (κ2) is 4.84. The van der Waals surface area contributed by atoms with Gasteiger partial charge in [-0.25, -0.2) is 4.98 Å². The number of nitrogens with zero attached hydrogens (tertiary/aromatic N) is 1. The van der Waals surface area contributed by atoms with Crippen LogP contribution in [0.3, 0.4) is 0 Å². The number of alkyl halides is 3. The van der Waals surface area contributed by atoms with Crippen molar-refractivity contribution in [2.24, 2.45) is 0 Å². The molecule has 4 nitrogen and oxygen atoms in total. The number of hydrogen-bond donors (Lipinski definition) is 0. The van der Waals surface area contributed by atoms with Crippen LogP contribution in [0.1, 0.15) is 0 Å². The first-order valence-corrected chi connectivity index (χ1v) is 7.49. The highest BCUT2D eigenvalue weighted by molar-refractivity contribution is 7.88. The summed E-state index contributed by atoms with van der Waals surface area (Å²) in [4.78, 5) is 3.90. The quantitative estimate of drug-likeness (QED) is 0.410. The van der Waals surface area contributed by atoms with Gasteiger partial charge in [0.2, 0.25) is 5.88 Å². The first-order chi connectivity index (χ1) is 10.3. The molecule has 8 heteroatoms. The average Bonchev–Trinajstić information content (AvgIpc) is 2.46. The van der Waals surface area contributed by atoms with Crippen LogP contribution in [-0.4, -0.2) is 18.9 Å². The zero-order valence-electron chi connectivity index (χ0n) is 10.8. The predicted octanol–water partition coefficient (Wildman–Crippen LogP) is 3.62. The SMILES string of the molecule is O=S(=O)(Oc1nc2ccccc2c2ccccc12)C(F)(F)F. The Morgan fingerprint density at radius 2 is 1.41 bits per heavy atom. The van der Waals surface area contributed by atoms with E-state index in [0.717, 1.165) is 0 Å². The van der Waals surface area contributed by atoms with Crippen molar-refractivity contribution in [2.45, 2.75) is 5.51 Å². The van der Waals surface area contributed by atoms with Crippen molar-refractivity contribution >= 4 is 31.8 Å². The van der Waals surface area contributed by atoms with E-state index in [4.69, 9.17) is 0 Å². The molecular formula is C14H8F3NO3S. The fraction of sp³-hybridized carbons (Fsp3) is 0.0714. The third-order valence-corrected chi connectivity index (χ3v) is 3.99. The van der Waals surface area contributed by atoms with Crippen LogP contribution in [0.15, 0.2) is 48.5 Å². The smallest absolute Gasteiger partial charge is 0.355 e. The minimum Gasteiger partial charge on any atom is -0.355 e. The lowest BCUT2D eigenvalue weighted by atomic mass is 10.1. The molecule has 114 valence electrons. The van der Waals surface area contributed by atoms with Crippen molar-refractivity contribution in [1.82, 2.24) is 4.98 Å². The zero-order chi connectivity index (χ0) is 16.0. The normalized spacial score (nSPS) is 12.7. The van der Waals surface area contributed by atoms with Gasteiger partial charge in [0, 0.05) is 10.8 Å². The highest BCUT2D eigenvalue weighted by Gasteiger charge is 2.49. The summed E-state index contributed by atoms with van der Waals surface area (Å²) in [5.74, 6) is -0.591. The van der Waals surface area contributed by atoms with E-state index in [1.54, 1.807) is 42.5 Å². The number of fused-ring (bicyclic) bond motifs is 3. The van der Waals surface area contributed by atoms with Crippen molar-refractivity contribution < 1.29 is 25.8 Å². The van der Waals surface area contributed by atoms with E-state index < -0.39 is 21.5 Å². The molecule has 2 aromatic carbocycles. The largest absolute Gasteiger partial charge is 0.534 e. The van der Waals surface area contributed by atoms with E-state index in [1.807, 2.05) is 0 Å². The summed E-state index contributed by atoms with van der Waals surface area (Å²) in [5.41, 5.74) is -5.17. The van der Waals surface area contributed by atoms with Crippen molar-refractivity contribution in [3.05, 3.63) is 48.5 Å². The Morgan fingerprint density at radius 3 is 2.05 bits per heavy atom. The van der Waals surface area contributed by atoms with Crippen molar-refractivity contribution in [3.63, 3.8) is 0 Å². The van der Waals surface area contributed by atoms with Crippen LogP contribution in [0.25, 0.3) is 21.7 Å². The van der Waals surface area contributed by atoms with Gasteiger partial charge in [0.15, 0.2) is 0 Å². The molecule has 0 bridgehead atoms. The lowest BCUT2D eigenvalue weighted by molar-refractivity contribution is -0.0500. The van der Waals surface area contributed by atoms with E-state index in [-0.39, 0.29) is 5.39 Å². The summed E-state index contributed by atoms with van der Waals surface area (Å²) < 4.78 is 64.1. The molecule has 0 saturated heterocycles. The van der Waals surface area contributed by atoms with E-state index in [2.05, 4.69) is 9.17 Å². The summed E-state index contributed by atoms with van der Waals surface area (Å²) >= 11 is 0. The van der Waals surface area contributed by atoms with E-state index in [9.17, 15) is 21.6 Å². The zero-order valence-corrected chi connectivity index (χ0v) is 11.6. The number of halogens is 3. The van der Waals surface area contributed by atoms with Crippen LogP contribution >= 0.6 is 0 Å². The molecule has 0 saturated carbocycles. The second-order valence-electron chi connectivity index (χ2n) is 4.46. The van der Waals surface area contributed by atoms with Crippen LogP contribution in [-0.2, 0) is 10.1 Å². The number of para-hydroxylation sites is 1. The topological polar surface area (TPSA) is 56.3 Å². The van der Waals surface area contributed by atoms with Crippen LogP contribution in [0.5, 0.6) is 5.88 Å². The molecule has 1 aromatic heterocycles. The van der Waals surface area contributed by atoms with E-state index >= 15 is 0 Å². The van der Waals surface area contributed by atoms with Crippen molar-refractivity contribution in [3.8, 4) is 5.88 Å². The Kier molecular flexibility index (Phi) is 3.21. The standard InChI is InChI=1S/C14H8F3NO3S/c15-14(16,17)22(19,20)21-13-11-7-2-1-5-9(11)10-6-3-4-8-12(10)18-13/h1-8H. The summed E-state index contributed by atoms with van der Waals surface area (Å²) in [6.45, 7) is 0. The van der Waals surface area contributed by atoms with Gasteiger partial charge in [-0.2, -0.15) is 21.6 Å². The Bertz CT molecular complexity index is 968. The summed E-state index contributed by atoms with van der Waals surface area (Å²) in [7, 11) is -5.77. The molecule has 3 aromatic rings. The van der Waals surface area contributed by atoms with E-state index in [1.165, 1.54) is 6.07 Å². The van der Waals surface area contributed by atoms with Gasteiger partial charge in [0.1, 0.15) is 0 Å². The molecular weight excluding hydrogens is 319 g/mol. The summed E-state index contributed by atoms with van der Waals surface area (Å²) in [6.07, 6.45) is 0. The highest BCUT2D eigenvalue weighted by atomic mass is 32.2. The van der Waals surface area contributed by atoms with Gasteiger partial charge in [0.25, 0.3) is 0 Å². The lowest BCUT2D eigenvalue weighted by Crippen LogP contribution is -2.28. The van der Waals surface area contributed by atoms with Gasteiger partial charge < -0.3 is 4.18 Å². The molecule has 0 aliphatic carbocycles. The molecule has 0 aliphatic rings. The first-order valence-electron chi connectivity index (χ1n) is 6.08.